The average molecular weight is 217 g/mol. The summed E-state index contributed by atoms with van der Waals surface area (Å²) in [7, 11) is 0. The van der Waals surface area contributed by atoms with E-state index in [0.29, 0.717) is 18.1 Å². The molecule has 0 fully saturated rings. The molecule has 0 amide bonds. The normalized spacial score (nSPS) is 10.6. The Labute approximate surface area is 86.4 Å². The summed E-state index contributed by atoms with van der Waals surface area (Å²) in [5, 5.41) is 2.90. The van der Waals surface area contributed by atoms with Crippen LogP contribution >= 0.6 is 0 Å². The van der Waals surface area contributed by atoms with Gasteiger partial charge in [-0.3, -0.25) is 0 Å². The Morgan fingerprint density at radius 2 is 2.33 bits per heavy atom. The molecule has 15 heavy (non-hydrogen) atoms. The van der Waals surface area contributed by atoms with Crippen molar-refractivity contribution >= 4 is 11.5 Å². The summed E-state index contributed by atoms with van der Waals surface area (Å²) >= 11 is 0. The molecule has 0 bridgehead atoms. The minimum absolute atomic E-state index is 0.209. The third kappa shape index (κ3) is 5.11. The molecule has 4 nitrogen and oxygen atoms in total. The molecule has 1 heterocycles. The summed E-state index contributed by atoms with van der Waals surface area (Å²) in [4.78, 5) is 3.98. The molecule has 1 aromatic heterocycles. The predicted molar refractivity (Wildman–Crippen MR) is 54.0 cm³/mol. The van der Waals surface area contributed by atoms with Crippen LogP contribution < -0.4 is 11.1 Å². The Kier molecular flexibility index (Phi) is 4.76. The lowest BCUT2D eigenvalue weighted by Gasteiger charge is -2.06. The molecule has 0 saturated heterocycles. The van der Waals surface area contributed by atoms with Gasteiger partial charge < -0.3 is 15.8 Å². The number of hydrogen-bond donors (Lipinski definition) is 2. The molecule has 1 rings (SSSR count). The molecule has 0 atom stereocenters. The van der Waals surface area contributed by atoms with Crippen LogP contribution in [0.1, 0.15) is 0 Å². The molecular formula is C9H13F2N3O. The highest BCUT2D eigenvalue weighted by Gasteiger charge is 2.00. The molecule has 0 spiro atoms. The molecule has 0 aliphatic carbocycles. The Morgan fingerprint density at radius 1 is 1.53 bits per heavy atom. The SMILES string of the molecule is Nc1ccnc(NCCOCC(F)F)c1. The number of aromatic nitrogens is 1. The fourth-order valence-electron chi connectivity index (χ4n) is 0.967. The smallest absolute Gasteiger partial charge is 0.261 e. The topological polar surface area (TPSA) is 60.2 Å². The zero-order valence-corrected chi connectivity index (χ0v) is 8.12. The minimum atomic E-state index is -2.42. The van der Waals surface area contributed by atoms with E-state index in [1.807, 2.05) is 0 Å². The molecule has 84 valence electrons. The Morgan fingerprint density at radius 3 is 3.00 bits per heavy atom. The van der Waals surface area contributed by atoms with Gasteiger partial charge in [0.15, 0.2) is 0 Å². The standard InChI is InChI=1S/C9H13F2N3O/c10-8(11)6-15-4-3-14-9-5-7(12)1-2-13-9/h1-2,5,8H,3-4,6H2,(H3,12,13,14). The van der Waals surface area contributed by atoms with E-state index < -0.39 is 13.0 Å². The Balaban J connectivity index is 2.15. The van der Waals surface area contributed by atoms with Crippen LogP contribution in [0.3, 0.4) is 0 Å². The number of anilines is 2. The number of nitrogens with zero attached hydrogens (tertiary/aromatic N) is 1. The van der Waals surface area contributed by atoms with Crippen molar-refractivity contribution in [1.82, 2.24) is 4.98 Å². The van der Waals surface area contributed by atoms with Crippen LogP contribution in [-0.4, -0.2) is 31.2 Å². The fourth-order valence-corrected chi connectivity index (χ4v) is 0.967. The van der Waals surface area contributed by atoms with Gasteiger partial charge in [0, 0.05) is 24.5 Å². The maximum Gasteiger partial charge on any atom is 0.261 e. The number of nitrogens with two attached hydrogens (primary N) is 1. The van der Waals surface area contributed by atoms with Crippen molar-refractivity contribution in [1.29, 1.82) is 0 Å². The number of nitrogens with one attached hydrogen (secondary N) is 1. The quantitative estimate of drug-likeness (QED) is 0.706. The lowest BCUT2D eigenvalue weighted by molar-refractivity contribution is 0.0215. The molecule has 3 N–H and O–H groups in total. The molecule has 6 heteroatoms. The van der Waals surface area contributed by atoms with Gasteiger partial charge >= 0.3 is 0 Å². The number of ether oxygens (including phenoxy) is 1. The maximum absolute atomic E-state index is 11.7. The van der Waals surface area contributed by atoms with Gasteiger partial charge in [-0.1, -0.05) is 0 Å². The van der Waals surface area contributed by atoms with Crippen molar-refractivity contribution in [2.24, 2.45) is 0 Å². The predicted octanol–water partition coefficient (Wildman–Crippen LogP) is 1.36. The van der Waals surface area contributed by atoms with E-state index in [9.17, 15) is 8.78 Å². The summed E-state index contributed by atoms with van der Waals surface area (Å²) < 4.78 is 28.0. The van der Waals surface area contributed by atoms with Crippen LogP contribution in [0.15, 0.2) is 18.3 Å². The second kappa shape index (κ2) is 6.13. The van der Waals surface area contributed by atoms with Gasteiger partial charge in [-0.15, -0.1) is 0 Å². The van der Waals surface area contributed by atoms with E-state index in [1.165, 1.54) is 0 Å². The minimum Gasteiger partial charge on any atom is -0.399 e. The summed E-state index contributed by atoms with van der Waals surface area (Å²) in [5.41, 5.74) is 6.12. The number of hydrogen-bond acceptors (Lipinski definition) is 4. The zero-order valence-electron chi connectivity index (χ0n) is 8.12. The summed E-state index contributed by atoms with van der Waals surface area (Å²) in [6.45, 7) is 0.0933. The second-order valence-corrected chi connectivity index (χ2v) is 2.87. The lowest BCUT2D eigenvalue weighted by atomic mass is 10.4. The maximum atomic E-state index is 11.7. The monoisotopic (exact) mass is 217 g/mol. The number of nitrogen functional groups attached to an aromatic ring is 1. The zero-order chi connectivity index (χ0) is 11.1. The van der Waals surface area contributed by atoms with E-state index in [-0.39, 0.29) is 6.61 Å². The molecule has 0 aliphatic heterocycles. The van der Waals surface area contributed by atoms with Crippen LogP contribution in [-0.2, 0) is 4.74 Å². The first-order valence-electron chi connectivity index (χ1n) is 4.50. The Hall–Kier alpha value is -1.43. The van der Waals surface area contributed by atoms with Crippen molar-refractivity contribution in [3.05, 3.63) is 18.3 Å². The molecule has 0 saturated carbocycles. The van der Waals surface area contributed by atoms with Crippen molar-refractivity contribution < 1.29 is 13.5 Å². The van der Waals surface area contributed by atoms with Gasteiger partial charge in [-0.05, 0) is 6.07 Å². The fraction of sp³-hybridized carbons (Fsp3) is 0.444. The van der Waals surface area contributed by atoms with Gasteiger partial charge in [0.25, 0.3) is 6.43 Å². The van der Waals surface area contributed by atoms with Gasteiger partial charge in [-0.25, -0.2) is 13.8 Å². The van der Waals surface area contributed by atoms with Crippen LogP contribution in [0.2, 0.25) is 0 Å². The Bertz CT molecular complexity index is 296. The first-order valence-corrected chi connectivity index (χ1v) is 4.50. The van der Waals surface area contributed by atoms with Crippen molar-refractivity contribution in [3.63, 3.8) is 0 Å². The molecule has 0 radical (unpaired) electrons. The van der Waals surface area contributed by atoms with Gasteiger partial charge in [-0.2, -0.15) is 0 Å². The molecule has 0 aromatic carbocycles. The second-order valence-electron chi connectivity index (χ2n) is 2.87. The number of rotatable bonds is 6. The largest absolute Gasteiger partial charge is 0.399 e. The van der Waals surface area contributed by atoms with E-state index in [1.54, 1.807) is 18.3 Å². The third-order valence-corrected chi connectivity index (χ3v) is 1.58. The number of pyridine rings is 1. The third-order valence-electron chi connectivity index (χ3n) is 1.58. The molecule has 0 unspecified atom stereocenters. The molecule has 0 aliphatic rings. The van der Waals surface area contributed by atoms with E-state index >= 15 is 0 Å². The van der Waals surface area contributed by atoms with Crippen molar-refractivity contribution in [2.45, 2.75) is 6.43 Å². The van der Waals surface area contributed by atoms with Crippen molar-refractivity contribution in [3.8, 4) is 0 Å². The summed E-state index contributed by atoms with van der Waals surface area (Å²) in [6.07, 6.45) is -0.854. The van der Waals surface area contributed by atoms with Crippen molar-refractivity contribution in [2.75, 3.05) is 30.8 Å². The van der Waals surface area contributed by atoms with Crippen LogP contribution in [0, 0.1) is 0 Å². The first kappa shape index (κ1) is 11.6. The van der Waals surface area contributed by atoms with E-state index in [0.717, 1.165) is 0 Å². The van der Waals surface area contributed by atoms with Gasteiger partial charge in [0.1, 0.15) is 12.4 Å². The van der Waals surface area contributed by atoms with E-state index in [2.05, 4.69) is 15.0 Å². The summed E-state index contributed by atoms with van der Waals surface area (Å²) in [5.74, 6) is 0.607. The van der Waals surface area contributed by atoms with Crippen LogP contribution in [0.5, 0.6) is 0 Å². The number of halogens is 2. The van der Waals surface area contributed by atoms with Gasteiger partial charge in [0.05, 0.1) is 6.61 Å². The average Bonchev–Trinajstić information content (AvgIpc) is 2.17. The lowest BCUT2D eigenvalue weighted by Crippen LogP contribution is -2.13. The highest BCUT2D eigenvalue weighted by atomic mass is 19.3. The van der Waals surface area contributed by atoms with Crippen LogP contribution in [0.25, 0.3) is 0 Å². The number of alkyl halides is 2. The molecular weight excluding hydrogens is 204 g/mol. The molecule has 1 aromatic rings. The van der Waals surface area contributed by atoms with Gasteiger partial charge in [0.2, 0.25) is 0 Å². The summed E-state index contributed by atoms with van der Waals surface area (Å²) in [6, 6.07) is 3.32. The van der Waals surface area contributed by atoms with Crippen LogP contribution in [0.4, 0.5) is 20.3 Å². The highest BCUT2D eigenvalue weighted by Crippen LogP contribution is 2.06. The first-order chi connectivity index (χ1) is 7.18. The highest BCUT2D eigenvalue weighted by molar-refractivity contribution is 5.48. The van der Waals surface area contributed by atoms with E-state index in [4.69, 9.17) is 5.73 Å².